The second-order valence-corrected chi connectivity index (χ2v) is 33.4. The number of aliphatic hydroxyl groups is 2. The lowest BCUT2D eigenvalue weighted by atomic mass is 9.98. The number of hydrogen-bond acceptors (Lipinski definition) is 17. The molecule has 10 aromatic carbocycles. The number of carbonyl (C=O) groups is 5. The van der Waals surface area contributed by atoms with E-state index in [2.05, 4.69) is 229 Å². The van der Waals surface area contributed by atoms with E-state index >= 15 is 0 Å². The van der Waals surface area contributed by atoms with Gasteiger partial charge in [-0.05, 0) is 204 Å². The number of hydrogen-bond donors (Lipinski definition) is 9. The van der Waals surface area contributed by atoms with Crippen LogP contribution in [0.2, 0.25) is 0 Å². The van der Waals surface area contributed by atoms with E-state index in [-0.39, 0.29) is 39.1 Å². The number of alkyl halides is 6. The van der Waals surface area contributed by atoms with Crippen molar-refractivity contribution in [1.82, 2.24) is 19.4 Å². The molecule has 14 rings (SSSR count). The summed E-state index contributed by atoms with van der Waals surface area (Å²) in [4.78, 5) is 53.9. The van der Waals surface area contributed by atoms with E-state index in [1.165, 1.54) is 112 Å². The number of primary amides is 1. The van der Waals surface area contributed by atoms with Crippen LogP contribution in [0.4, 0.5) is 40.8 Å². The molecular weight excluding hydrogens is 1910 g/mol. The van der Waals surface area contributed by atoms with Crippen molar-refractivity contribution < 1.29 is 103 Å². The lowest BCUT2D eigenvalue weighted by Crippen LogP contribution is -2.34. The van der Waals surface area contributed by atoms with Crippen LogP contribution >= 0.6 is 0 Å². The first kappa shape index (κ1) is 148. The molecule has 2 fully saturated rings. The molecular formula is C117H173F8N9O14. The smallest absolute Gasteiger partial charge is 0.497 e. The molecule has 2 aliphatic rings. The highest BCUT2D eigenvalue weighted by Gasteiger charge is 2.31. The molecule has 0 atom stereocenters. The molecule has 148 heavy (non-hydrogen) atoms. The number of nitrogens with two attached hydrogens (primary N) is 4. The van der Waals surface area contributed by atoms with Gasteiger partial charge < -0.3 is 86.4 Å². The molecule has 826 valence electrons. The highest BCUT2D eigenvalue weighted by atomic mass is 19.4. The molecule has 0 saturated carbocycles. The van der Waals surface area contributed by atoms with Crippen LogP contribution in [0.15, 0.2) is 302 Å². The monoisotopic (exact) mass is 2080 g/mol. The number of carbonyl (C=O) groups excluding carboxylic acids is 3. The van der Waals surface area contributed by atoms with E-state index in [1.807, 2.05) is 116 Å². The lowest BCUT2D eigenvalue weighted by Gasteiger charge is -2.21. The number of imidazole rings is 1. The normalized spacial score (nSPS) is 10.6. The number of rotatable bonds is 18. The Morgan fingerprint density at radius 1 is 0.514 bits per heavy atom. The topological polar surface area (TPSA) is 357 Å². The van der Waals surface area contributed by atoms with E-state index in [1.54, 1.807) is 54.9 Å². The molecule has 2 aromatic heterocycles. The molecule has 0 spiro atoms. The molecule has 0 radical (unpaired) electrons. The second-order valence-electron chi connectivity index (χ2n) is 33.4. The number of carboxylic acids is 1. The average molecular weight is 2080 g/mol. The Balaban J connectivity index is -0.000000285. The van der Waals surface area contributed by atoms with Gasteiger partial charge in [0.1, 0.15) is 22.8 Å². The Labute approximate surface area is 877 Å². The number of halogens is 8. The summed E-state index contributed by atoms with van der Waals surface area (Å²) in [7, 11) is 7.23. The summed E-state index contributed by atoms with van der Waals surface area (Å²) in [6, 6.07) is 82.0. The van der Waals surface area contributed by atoms with E-state index in [0.29, 0.717) is 57.1 Å². The number of para-hydroxylation sites is 3. The fraction of sp³-hybridized carbons (Fsp3) is 0.402. The number of nitrogens with one attached hydrogen (secondary N) is 1. The highest BCUT2D eigenvalue weighted by Crippen LogP contribution is 2.29. The van der Waals surface area contributed by atoms with E-state index in [9.17, 15) is 49.5 Å². The number of aromatic nitrogens is 2. The predicted octanol–water partition coefficient (Wildman–Crippen LogP) is 26.6. The van der Waals surface area contributed by atoms with E-state index in [4.69, 9.17) is 65.8 Å². The van der Waals surface area contributed by atoms with Gasteiger partial charge in [0.05, 0.1) is 52.2 Å². The summed E-state index contributed by atoms with van der Waals surface area (Å²) in [5, 5.41) is 35.1. The zero-order valence-electron chi connectivity index (χ0n) is 89.9. The first-order valence-electron chi connectivity index (χ1n) is 48.5. The van der Waals surface area contributed by atoms with Gasteiger partial charge >= 0.3 is 18.5 Å². The Morgan fingerprint density at radius 3 is 1.21 bits per heavy atom. The number of nitrogens with zero attached hydrogens (tertiary/aromatic N) is 4. The Bertz CT molecular complexity index is 4830. The first-order chi connectivity index (χ1) is 69.9. The van der Waals surface area contributed by atoms with E-state index < -0.39 is 35.7 Å². The fourth-order valence-corrected chi connectivity index (χ4v) is 10.3. The van der Waals surface area contributed by atoms with Gasteiger partial charge in [0.15, 0.2) is 11.6 Å². The molecule has 0 aliphatic carbocycles. The van der Waals surface area contributed by atoms with Crippen molar-refractivity contribution >= 4 is 48.3 Å². The van der Waals surface area contributed by atoms with Gasteiger partial charge in [0.25, 0.3) is 6.47 Å². The molecule has 3 amide bonds. The Kier molecular flexibility index (Phi) is 101. The number of furan rings is 1. The lowest BCUT2D eigenvalue weighted by molar-refractivity contribution is -0.274. The second kappa shape index (κ2) is 101. The van der Waals surface area contributed by atoms with Crippen LogP contribution in [0.1, 0.15) is 204 Å². The number of ether oxygens (including phenoxy) is 4. The number of benzene rings is 10. The molecule has 23 nitrogen and oxygen atoms in total. The van der Waals surface area contributed by atoms with Gasteiger partial charge in [-0.2, -0.15) is 13.2 Å². The highest BCUT2D eigenvalue weighted by molar-refractivity contribution is 5.76. The van der Waals surface area contributed by atoms with Crippen molar-refractivity contribution in [3.05, 3.63) is 354 Å². The number of amides is 3. The zero-order valence-corrected chi connectivity index (χ0v) is 89.9. The minimum atomic E-state index is -4.60. The molecule has 12 aromatic rings. The van der Waals surface area contributed by atoms with Crippen LogP contribution in [0.3, 0.4) is 0 Å². The van der Waals surface area contributed by atoms with Crippen LogP contribution in [-0.2, 0) is 41.9 Å². The molecule has 31 heteroatoms. The third-order valence-corrected chi connectivity index (χ3v) is 18.3. The SMILES string of the molecule is C.CC(C)C.CC(C)c1ccccc1.CCC(C)C.CNc1ccc(C(C)C)cc1.COc1ccc(C(C)C)c(C)c1.COc1ccccc1.Cc1cccc(C)c1.Cc1ccccc1.Cn1ccnc1.FC(F)(F)Oc1ccccc1.FC(F)(F)c1ccccc1.Fc1ccccc1F.NC=O.NCCCC(=O)O.NCCCCCO.NCCO.O=CN1CCCC1.O=CN1CCOCC1.O=CO.c1ccc2occc2c1. The number of carboxylic acid groups (broad SMARTS) is 2. The van der Waals surface area contributed by atoms with Crippen molar-refractivity contribution in [3.8, 4) is 17.2 Å². The summed E-state index contributed by atoms with van der Waals surface area (Å²) in [5.41, 5.74) is 30.2. The first-order valence-corrected chi connectivity index (χ1v) is 48.5. The van der Waals surface area contributed by atoms with Crippen LogP contribution in [0.25, 0.3) is 11.0 Å². The maximum atomic E-state index is 11.9. The minimum Gasteiger partial charge on any atom is -0.497 e. The summed E-state index contributed by atoms with van der Waals surface area (Å²) in [6.07, 6.45) is 7.79. The van der Waals surface area contributed by atoms with Crippen molar-refractivity contribution in [3.63, 3.8) is 0 Å². The van der Waals surface area contributed by atoms with Crippen LogP contribution < -0.4 is 42.5 Å². The zero-order chi connectivity index (χ0) is 112. The number of aryl methyl sites for hydroxylation is 5. The Hall–Kier alpha value is -13.3. The summed E-state index contributed by atoms with van der Waals surface area (Å²) < 4.78 is 119. The third-order valence-electron chi connectivity index (χ3n) is 18.3. The molecule has 13 N–H and O–H groups in total. The summed E-state index contributed by atoms with van der Waals surface area (Å²) in [6.45, 7) is 41.4. The molecule has 2 saturated heterocycles. The molecule has 2 aliphatic heterocycles. The molecule has 0 bridgehead atoms. The van der Waals surface area contributed by atoms with Crippen molar-refractivity contribution in [1.29, 1.82) is 0 Å². The van der Waals surface area contributed by atoms with Crippen LogP contribution in [0.5, 0.6) is 17.2 Å². The van der Waals surface area contributed by atoms with Gasteiger partial charge in [-0.3, -0.25) is 24.0 Å². The summed E-state index contributed by atoms with van der Waals surface area (Å²) >= 11 is 0. The summed E-state index contributed by atoms with van der Waals surface area (Å²) in [5.74, 6) is 2.88. The van der Waals surface area contributed by atoms with Gasteiger partial charge in [0.2, 0.25) is 19.2 Å². The number of fused-ring (bicyclic) bond motifs is 1. The minimum absolute atomic E-state index is 0. The number of methoxy groups -OCH3 is 2. The largest absolute Gasteiger partial charge is 0.573 e. The fourth-order valence-electron chi connectivity index (χ4n) is 10.3. The van der Waals surface area contributed by atoms with Gasteiger partial charge in [-0.1, -0.05) is 314 Å². The Morgan fingerprint density at radius 2 is 0.926 bits per heavy atom. The van der Waals surface area contributed by atoms with Crippen LogP contribution in [-0.4, -0.2) is 171 Å². The maximum Gasteiger partial charge on any atom is 0.573 e. The molecule has 4 heterocycles. The van der Waals surface area contributed by atoms with Crippen molar-refractivity contribution in [2.45, 2.75) is 200 Å². The number of anilines is 1. The standard InChI is InChI=1S/C11H16O.C10H15N.C9H12.C8H6O.C8H10.C7H5F3O.C7H5F3.C7H8O.C7H8.C6H4F2.C5H9NO2.C5H9NO.C5H13NO.C5H12.C4H6N2.C4H9NO2.C4H10.C2H7NO.CH3NO.CH2O2.CH4/c1-8(2)11-6-5-10(12-4)7-9(11)3;1-8(2)9-4-6-10(11-3)7-5-9;1-8(2)9-6-4-3-5-7-9;1-2-4-8-7(3-1)5-6-9-8;1-7-4-3-5-8(2)6-7;8-7(9,10)11-6-4-2-1-3-5-6;8-7(9,10)6-4-2-1-3-5-6;1-8-7-5-3-2-4-6-7;1-7-5-3-2-4-6-7;7-5-3-1-2-4-6(5)8;7-5-6-1-3-8-4-2-6;7-5-6-3-1-2-4-6;6-4-2-1-3-5-7;1-4-5(2)3;1-6-3-2-5-4-6;5-3-1-2-4(6)7;1-4(2)3;3-1-2-4;2*2-1-3;/h5-8H,1-4H3;4-8,11H,1-3H3;3-8H,1-2H3;1-6H;3-6H,1-2H3;1-5H;1-5H;2-6H,1H3;2-6H,1H3;1-4H;5H,1-4H2;5H,1-4H2;7H,1-6H2;5H,4H2,1-3H3;2-4H,1H3;1-3,5H2,(H,6,7);4H,1-3H3;4H,1-3H2;1H,(H2,2,3);1H,(H,2,3);1H4. The quantitative estimate of drug-likeness (QED) is 0.0219. The average Bonchev–Trinajstić information content (AvgIpc) is 1.74. The third kappa shape index (κ3) is 97.4. The van der Waals surface area contributed by atoms with Crippen LogP contribution in [0, 0.1) is 51.2 Å². The van der Waals surface area contributed by atoms with Gasteiger partial charge in [-0.15, -0.1) is 13.2 Å². The number of aliphatic hydroxyl groups excluding tert-OH is 2. The number of aliphatic carboxylic acids is 1. The molecule has 0 unspecified atom stereocenters. The predicted molar refractivity (Wildman–Crippen MR) is 592 cm³/mol. The maximum absolute atomic E-state index is 11.9. The number of unbranched alkanes of at least 4 members (excludes halogenated alkanes) is 2. The van der Waals surface area contributed by atoms with Gasteiger partial charge in [-0.25, -0.2) is 13.8 Å². The van der Waals surface area contributed by atoms with Crippen molar-refractivity contribution in [2.75, 3.05) is 98.8 Å². The van der Waals surface area contributed by atoms with E-state index in [0.717, 1.165) is 123 Å². The van der Waals surface area contributed by atoms with Gasteiger partial charge in [0, 0.05) is 83.3 Å². The number of likely N-dealkylation sites (tertiary alicyclic amines) is 1. The van der Waals surface area contributed by atoms with Crippen molar-refractivity contribution in [2.24, 2.45) is 41.8 Å². The number of morpholine rings is 1.